The third-order valence-electron chi connectivity index (χ3n) is 6.18. The van der Waals surface area contributed by atoms with Crippen LogP contribution in [0.4, 0.5) is 0 Å². The first-order valence-electron chi connectivity index (χ1n) is 12.0. The van der Waals surface area contributed by atoms with Gasteiger partial charge in [0, 0.05) is 24.7 Å². The average Bonchev–Trinajstić information content (AvgIpc) is 3.06. The molecule has 0 saturated heterocycles. The van der Waals surface area contributed by atoms with Crippen LogP contribution < -0.4 is 0 Å². The van der Waals surface area contributed by atoms with E-state index in [-0.39, 0.29) is 23.9 Å². The molecule has 1 fully saturated rings. The molecule has 1 rings (SSSR count). The topological polar surface area (TPSA) is 63.6 Å². The Balaban J connectivity index is 2.26. The van der Waals surface area contributed by atoms with Crippen LogP contribution in [0.15, 0.2) is 11.6 Å². The molecule has 0 aliphatic heterocycles. The van der Waals surface area contributed by atoms with Crippen molar-refractivity contribution in [3.63, 3.8) is 0 Å². The lowest BCUT2D eigenvalue weighted by atomic mass is 9.91. The number of ether oxygens (including phenoxy) is 1. The van der Waals surface area contributed by atoms with Crippen molar-refractivity contribution in [3.8, 4) is 0 Å². The van der Waals surface area contributed by atoms with Crippen LogP contribution in [0, 0.1) is 11.8 Å². The van der Waals surface area contributed by atoms with Gasteiger partial charge in [-0.2, -0.15) is 0 Å². The highest BCUT2D eigenvalue weighted by molar-refractivity contribution is 5.82. The zero-order chi connectivity index (χ0) is 21.5. The molecule has 1 aliphatic carbocycles. The summed E-state index contributed by atoms with van der Waals surface area (Å²) in [6.45, 7) is 6.83. The highest BCUT2D eigenvalue weighted by Crippen LogP contribution is 2.35. The second-order valence-electron chi connectivity index (χ2n) is 8.73. The maximum absolute atomic E-state index is 12.3. The van der Waals surface area contributed by atoms with Crippen LogP contribution in [0.25, 0.3) is 0 Å². The molecule has 3 atom stereocenters. The second kappa shape index (κ2) is 15.6. The number of carbonyl (C=O) groups excluding carboxylic acids is 2. The average molecular weight is 409 g/mol. The molecule has 29 heavy (non-hydrogen) atoms. The Kier molecular flexibility index (Phi) is 14.0. The van der Waals surface area contributed by atoms with Crippen LogP contribution in [0.2, 0.25) is 0 Å². The molecule has 0 heterocycles. The standard InChI is InChI=1S/C25H44O4/c1-4-6-12-20(3)23(26)17-15-21-16-18-24(27)22(21)13-10-8-9-11-14-25(28)29-19-7-5-2/h15,20,22,24,27H,4-14,16-19H2,1-3H3/t20?,22-,24+/m1/s1. The van der Waals surface area contributed by atoms with Gasteiger partial charge >= 0.3 is 5.97 Å². The first-order valence-corrected chi connectivity index (χ1v) is 12.0. The summed E-state index contributed by atoms with van der Waals surface area (Å²) in [5.74, 6) is 0.614. The monoisotopic (exact) mass is 408 g/mol. The lowest BCUT2D eigenvalue weighted by Gasteiger charge is -2.17. The Morgan fingerprint density at radius 2 is 1.83 bits per heavy atom. The van der Waals surface area contributed by atoms with Gasteiger partial charge < -0.3 is 9.84 Å². The SMILES string of the molecule is CCCCOC(=O)CCCCCC[C@@H]1C(=CCC(=O)C(C)CCCC)CC[C@@H]1O. The van der Waals surface area contributed by atoms with E-state index in [1.807, 2.05) is 6.92 Å². The fourth-order valence-electron chi connectivity index (χ4n) is 4.07. The number of allylic oxidation sites excluding steroid dienone is 1. The van der Waals surface area contributed by atoms with Crippen LogP contribution in [0.3, 0.4) is 0 Å². The van der Waals surface area contributed by atoms with Gasteiger partial charge in [0.1, 0.15) is 5.78 Å². The number of unbranched alkanes of at least 4 members (excludes halogenated alkanes) is 5. The van der Waals surface area contributed by atoms with E-state index in [0.717, 1.165) is 77.0 Å². The number of aliphatic hydroxyl groups is 1. The Bertz CT molecular complexity index is 497. The minimum Gasteiger partial charge on any atom is -0.466 e. The first-order chi connectivity index (χ1) is 14.0. The van der Waals surface area contributed by atoms with Crippen molar-refractivity contribution in [2.45, 2.75) is 117 Å². The van der Waals surface area contributed by atoms with Gasteiger partial charge in [-0.25, -0.2) is 0 Å². The molecular weight excluding hydrogens is 364 g/mol. The Labute approximate surface area is 178 Å². The Hall–Kier alpha value is -1.16. The van der Waals surface area contributed by atoms with E-state index in [9.17, 15) is 14.7 Å². The van der Waals surface area contributed by atoms with Crippen molar-refractivity contribution in [3.05, 3.63) is 11.6 Å². The third-order valence-corrected chi connectivity index (χ3v) is 6.18. The van der Waals surface area contributed by atoms with Crippen molar-refractivity contribution >= 4 is 11.8 Å². The molecule has 0 amide bonds. The van der Waals surface area contributed by atoms with Crippen molar-refractivity contribution < 1.29 is 19.4 Å². The summed E-state index contributed by atoms with van der Waals surface area (Å²) in [6.07, 6.45) is 14.9. The molecule has 0 aromatic carbocycles. The van der Waals surface area contributed by atoms with Crippen LogP contribution in [-0.2, 0) is 14.3 Å². The number of esters is 1. The summed E-state index contributed by atoms with van der Waals surface area (Å²) in [7, 11) is 0. The maximum atomic E-state index is 12.3. The van der Waals surface area contributed by atoms with Gasteiger partial charge in [-0.15, -0.1) is 0 Å². The summed E-state index contributed by atoms with van der Waals surface area (Å²) in [5, 5.41) is 10.3. The molecular formula is C25H44O4. The molecule has 0 radical (unpaired) electrons. The summed E-state index contributed by atoms with van der Waals surface area (Å²) in [5.41, 5.74) is 1.29. The molecule has 1 aliphatic rings. The van der Waals surface area contributed by atoms with E-state index in [0.29, 0.717) is 25.2 Å². The Morgan fingerprint density at radius 1 is 1.10 bits per heavy atom. The Morgan fingerprint density at radius 3 is 2.55 bits per heavy atom. The lowest BCUT2D eigenvalue weighted by molar-refractivity contribution is -0.143. The molecule has 0 aromatic rings. The molecule has 0 bridgehead atoms. The summed E-state index contributed by atoms with van der Waals surface area (Å²) in [6, 6.07) is 0. The molecule has 1 unspecified atom stereocenters. The number of rotatable bonds is 16. The van der Waals surface area contributed by atoms with Crippen molar-refractivity contribution in [2.75, 3.05) is 6.61 Å². The predicted octanol–water partition coefficient (Wildman–Crippen LogP) is 6.15. The van der Waals surface area contributed by atoms with Crippen LogP contribution in [-0.4, -0.2) is 29.6 Å². The van der Waals surface area contributed by atoms with Gasteiger partial charge in [-0.3, -0.25) is 9.59 Å². The lowest BCUT2D eigenvalue weighted by Crippen LogP contribution is -2.15. The van der Waals surface area contributed by atoms with E-state index < -0.39 is 0 Å². The zero-order valence-electron chi connectivity index (χ0n) is 19.1. The number of hydrogen-bond acceptors (Lipinski definition) is 4. The number of aliphatic hydroxyl groups excluding tert-OH is 1. The van der Waals surface area contributed by atoms with Gasteiger partial charge in [0.2, 0.25) is 0 Å². The molecule has 1 N–H and O–H groups in total. The highest BCUT2D eigenvalue weighted by Gasteiger charge is 2.29. The molecule has 168 valence electrons. The third kappa shape index (κ3) is 11.0. The largest absolute Gasteiger partial charge is 0.466 e. The maximum Gasteiger partial charge on any atom is 0.305 e. The smallest absolute Gasteiger partial charge is 0.305 e. The van der Waals surface area contributed by atoms with Crippen molar-refractivity contribution in [2.24, 2.45) is 11.8 Å². The van der Waals surface area contributed by atoms with Crippen molar-refractivity contribution in [1.82, 2.24) is 0 Å². The van der Waals surface area contributed by atoms with E-state index in [2.05, 4.69) is 19.9 Å². The number of Topliss-reactive ketones (excluding diaryl/α,β-unsaturated/α-hetero) is 1. The quantitative estimate of drug-likeness (QED) is 0.189. The van der Waals surface area contributed by atoms with Gasteiger partial charge in [-0.1, -0.05) is 70.9 Å². The van der Waals surface area contributed by atoms with E-state index in [4.69, 9.17) is 4.74 Å². The molecule has 0 spiro atoms. The highest BCUT2D eigenvalue weighted by atomic mass is 16.5. The summed E-state index contributed by atoms with van der Waals surface area (Å²) < 4.78 is 5.18. The predicted molar refractivity (Wildman–Crippen MR) is 119 cm³/mol. The second-order valence-corrected chi connectivity index (χ2v) is 8.73. The van der Waals surface area contributed by atoms with Crippen LogP contribution in [0.5, 0.6) is 0 Å². The zero-order valence-corrected chi connectivity index (χ0v) is 19.1. The number of carbonyl (C=O) groups is 2. The first kappa shape index (κ1) is 25.9. The van der Waals surface area contributed by atoms with Crippen molar-refractivity contribution in [1.29, 1.82) is 0 Å². The van der Waals surface area contributed by atoms with E-state index >= 15 is 0 Å². The van der Waals surface area contributed by atoms with Gasteiger partial charge in [-0.05, 0) is 38.5 Å². The molecule has 0 aromatic heterocycles. The minimum absolute atomic E-state index is 0.0762. The van der Waals surface area contributed by atoms with Gasteiger partial charge in [0.05, 0.1) is 12.7 Å². The van der Waals surface area contributed by atoms with Gasteiger partial charge in [0.25, 0.3) is 0 Å². The minimum atomic E-state index is -0.262. The number of hydrogen-bond donors (Lipinski definition) is 1. The van der Waals surface area contributed by atoms with E-state index in [1.165, 1.54) is 5.57 Å². The van der Waals surface area contributed by atoms with Crippen LogP contribution in [0.1, 0.15) is 111 Å². The fraction of sp³-hybridized carbons (Fsp3) is 0.840. The summed E-state index contributed by atoms with van der Waals surface area (Å²) >= 11 is 0. The normalized spacial score (nSPS) is 21.4. The van der Waals surface area contributed by atoms with E-state index in [1.54, 1.807) is 0 Å². The molecule has 4 heteroatoms. The molecule has 1 saturated carbocycles. The number of ketones is 1. The van der Waals surface area contributed by atoms with Crippen LogP contribution >= 0.6 is 0 Å². The fourth-order valence-corrected chi connectivity index (χ4v) is 4.07. The van der Waals surface area contributed by atoms with Gasteiger partial charge in [0.15, 0.2) is 0 Å². The molecule has 4 nitrogen and oxygen atoms in total. The summed E-state index contributed by atoms with van der Waals surface area (Å²) in [4.78, 5) is 23.9.